The number of H-pyrrole nitrogens is 1. The lowest BCUT2D eigenvalue weighted by molar-refractivity contribution is -0.120. The number of fused-ring (bicyclic) bond motifs is 1. The molecule has 7 heteroatoms. The lowest BCUT2D eigenvalue weighted by atomic mass is 10.1. The van der Waals surface area contributed by atoms with Gasteiger partial charge in [0.15, 0.2) is 0 Å². The number of benzene rings is 1. The van der Waals surface area contributed by atoms with Crippen molar-refractivity contribution in [1.82, 2.24) is 24.9 Å². The van der Waals surface area contributed by atoms with Gasteiger partial charge in [0, 0.05) is 12.6 Å². The number of nitrogens with zero attached hydrogens (tertiary/aromatic N) is 3. The Morgan fingerprint density at radius 3 is 3.04 bits per heavy atom. The van der Waals surface area contributed by atoms with Gasteiger partial charge in [-0.15, -0.1) is 0 Å². The molecular formula is C16H15N5O2. The first kappa shape index (κ1) is 14.7. The van der Waals surface area contributed by atoms with E-state index in [1.807, 2.05) is 24.3 Å². The third-order valence-electron chi connectivity index (χ3n) is 3.41. The van der Waals surface area contributed by atoms with Gasteiger partial charge in [-0.1, -0.05) is 36.9 Å². The molecule has 3 aromatic rings. The van der Waals surface area contributed by atoms with Gasteiger partial charge in [-0.3, -0.25) is 14.7 Å². The van der Waals surface area contributed by atoms with Gasteiger partial charge in [0.25, 0.3) is 11.3 Å². The van der Waals surface area contributed by atoms with Gasteiger partial charge in [-0.05, 0) is 11.1 Å². The molecule has 1 amide bonds. The number of amides is 1. The van der Waals surface area contributed by atoms with Crippen LogP contribution in [0.5, 0.6) is 0 Å². The highest BCUT2D eigenvalue weighted by atomic mass is 16.1. The number of hydrogen-bond acceptors (Lipinski definition) is 4. The average molecular weight is 309 g/mol. The van der Waals surface area contributed by atoms with Gasteiger partial charge < -0.3 is 5.32 Å². The number of aromatic amines is 1. The van der Waals surface area contributed by atoms with Gasteiger partial charge in [-0.25, -0.2) is 9.97 Å². The maximum Gasteiger partial charge on any atom is 0.274 e. The number of hydrogen-bond donors (Lipinski definition) is 2. The molecule has 116 valence electrons. The summed E-state index contributed by atoms with van der Waals surface area (Å²) in [6, 6.07) is 9.00. The first-order valence-electron chi connectivity index (χ1n) is 7.06. The minimum Gasteiger partial charge on any atom is -0.352 e. The Hall–Kier alpha value is -3.22. The Morgan fingerprint density at radius 1 is 1.39 bits per heavy atom. The van der Waals surface area contributed by atoms with Crippen LogP contribution in [0.25, 0.3) is 11.9 Å². The van der Waals surface area contributed by atoms with Crippen LogP contribution in [0.15, 0.2) is 48.0 Å². The van der Waals surface area contributed by atoms with Crippen LogP contribution in [0.1, 0.15) is 16.8 Å². The maximum absolute atomic E-state index is 12.1. The molecule has 1 aromatic carbocycles. The first-order valence-corrected chi connectivity index (χ1v) is 7.06. The summed E-state index contributed by atoms with van der Waals surface area (Å²) in [7, 11) is 0. The second-order valence-corrected chi connectivity index (χ2v) is 4.96. The molecule has 2 N–H and O–H groups in total. The summed E-state index contributed by atoms with van der Waals surface area (Å²) in [5.74, 6) is 0.0351. The minimum absolute atomic E-state index is 0.0227. The molecule has 7 nitrogen and oxygen atoms in total. The maximum atomic E-state index is 12.1. The van der Waals surface area contributed by atoms with Gasteiger partial charge in [-0.2, -0.15) is 4.52 Å². The van der Waals surface area contributed by atoms with Crippen LogP contribution in [0, 0.1) is 0 Å². The third-order valence-corrected chi connectivity index (χ3v) is 3.41. The van der Waals surface area contributed by atoms with Crippen molar-refractivity contribution in [2.75, 3.05) is 0 Å². The number of carbonyl (C=O) groups excluding carboxylic acids is 1. The smallest absolute Gasteiger partial charge is 0.274 e. The van der Waals surface area contributed by atoms with Crippen LogP contribution in [-0.2, 0) is 17.8 Å². The van der Waals surface area contributed by atoms with Crippen molar-refractivity contribution in [2.45, 2.75) is 13.0 Å². The van der Waals surface area contributed by atoms with Crippen molar-refractivity contribution in [3.8, 4) is 0 Å². The van der Waals surface area contributed by atoms with Crippen molar-refractivity contribution >= 4 is 17.8 Å². The molecule has 0 atom stereocenters. The Labute approximate surface area is 131 Å². The quantitative estimate of drug-likeness (QED) is 0.733. The zero-order valence-corrected chi connectivity index (χ0v) is 12.3. The van der Waals surface area contributed by atoms with E-state index < -0.39 is 0 Å². The summed E-state index contributed by atoms with van der Waals surface area (Å²) >= 11 is 0. The van der Waals surface area contributed by atoms with Gasteiger partial charge in [0.1, 0.15) is 6.33 Å². The molecule has 2 aromatic heterocycles. The van der Waals surface area contributed by atoms with E-state index in [0.29, 0.717) is 12.2 Å². The van der Waals surface area contributed by atoms with Crippen molar-refractivity contribution in [2.24, 2.45) is 0 Å². The molecule has 0 saturated heterocycles. The standard InChI is InChI=1S/C16H15N5O2/c1-2-11-5-3-4-6-12(11)9-17-14(22)7-13-8-15(23)21-16(20-13)18-10-19-21/h2-6,8,10H,1,7,9H2,(H,17,22)(H,18,19,20). The minimum atomic E-state index is -0.299. The lowest BCUT2D eigenvalue weighted by Crippen LogP contribution is -2.26. The van der Waals surface area contributed by atoms with Crippen molar-refractivity contribution in [1.29, 1.82) is 0 Å². The van der Waals surface area contributed by atoms with E-state index in [9.17, 15) is 9.59 Å². The van der Waals surface area contributed by atoms with Crippen molar-refractivity contribution in [3.63, 3.8) is 0 Å². The molecule has 0 aliphatic carbocycles. The monoisotopic (exact) mass is 309 g/mol. The van der Waals surface area contributed by atoms with Gasteiger partial charge in [0.05, 0.1) is 12.1 Å². The van der Waals surface area contributed by atoms with Crippen LogP contribution >= 0.6 is 0 Å². The van der Waals surface area contributed by atoms with Gasteiger partial charge in [0.2, 0.25) is 5.91 Å². The zero-order valence-electron chi connectivity index (χ0n) is 12.3. The van der Waals surface area contributed by atoms with Crippen LogP contribution in [0.4, 0.5) is 0 Å². The Morgan fingerprint density at radius 2 is 2.22 bits per heavy atom. The summed E-state index contributed by atoms with van der Waals surface area (Å²) in [6.45, 7) is 4.14. The number of carbonyl (C=O) groups is 1. The molecule has 2 heterocycles. The molecule has 0 spiro atoms. The van der Waals surface area contributed by atoms with E-state index in [0.717, 1.165) is 11.1 Å². The fourth-order valence-electron chi connectivity index (χ4n) is 2.27. The molecule has 0 bridgehead atoms. The molecule has 0 aliphatic heterocycles. The normalized spacial score (nSPS) is 10.6. The molecular weight excluding hydrogens is 294 g/mol. The fourth-order valence-corrected chi connectivity index (χ4v) is 2.27. The topological polar surface area (TPSA) is 92.2 Å². The summed E-state index contributed by atoms with van der Waals surface area (Å²) in [4.78, 5) is 32.0. The molecule has 23 heavy (non-hydrogen) atoms. The Kier molecular flexibility index (Phi) is 4.01. The van der Waals surface area contributed by atoms with E-state index >= 15 is 0 Å². The highest BCUT2D eigenvalue weighted by molar-refractivity contribution is 5.78. The largest absolute Gasteiger partial charge is 0.352 e. The molecule has 0 fully saturated rings. The number of rotatable bonds is 5. The summed E-state index contributed by atoms with van der Waals surface area (Å²) < 4.78 is 1.21. The molecule has 3 rings (SSSR count). The fraction of sp³-hybridized carbons (Fsp3) is 0.125. The van der Waals surface area contributed by atoms with E-state index in [2.05, 4.69) is 27.0 Å². The predicted octanol–water partition coefficient (Wildman–Crippen LogP) is 0.919. The lowest BCUT2D eigenvalue weighted by Gasteiger charge is -2.08. The highest BCUT2D eigenvalue weighted by Crippen LogP contribution is 2.09. The predicted molar refractivity (Wildman–Crippen MR) is 85.7 cm³/mol. The van der Waals surface area contributed by atoms with Crippen LogP contribution in [0.2, 0.25) is 0 Å². The first-order chi connectivity index (χ1) is 11.2. The van der Waals surface area contributed by atoms with Crippen LogP contribution in [-0.4, -0.2) is 25.5 Å². The summed E-state index contributed by atoms with van der Waals surface area (Å²) in [6.07, 6.45) is 3.14. The molecule has 0 aliphatic rings. The Bertz CT molecular complexity index is 925. The third kappa shape index (κ3) is 3.18. The highest BCUT2D eigenvalue weighted by Gasteiger charge is 2.09. The van der Waals surface area contributed by atoms with E-state index in [-0.39, 0.29) is 23.7 Å². The average Bonchev–Trinajstić information content (AvgIpc) is 3.02. The van der Waals surface area contributed by atoms with Gasteiger partial charge >= 0.3 is 0 Å². The second-order valence-electron chi connectivity index (χ2n) is 4.96. The SMILES string of the molecule is C=Cc1ccccc1CNC(=O)Cc1cc(=O)n2[nH]cnc2n1. The van der Waals surface area contributed by atoms with Crippen LogP contribution < -0.4 is 10.9 Å². The number of nitrogens with one attached hydrogen (secondary N) is 2. The van der Waals surface area contributed by atoms with E-state index in [4.69, 9.17) is 0 Å². The summed E-state index contributed by atoms with van der Waals surface area (Å²) in [5.41, 5.74) is 2.04. The van der Waals surface area contributed by atoms with Crippen molar-refractivity contribution < 1.29 is 4.79 Å². The Balaban J connectivity index is 1.69. The summed E-state index contributed by atoms with van der Waals surface area (Å²) in [5, 5.41) is 5.47. The molecule has 0 radical (unpaired) electrons. The second kappa shape index (κ2) is 6.27. The number of aromatic nitrogens is 4. The molecule has 0 saturated carbocycles. The van der Waals surface area contributed by atoms with E-state index in [1.54, 1.807) is 6.08 Å². The molecule has 0 unspecified atom stereocenters. The van der Waals surface area contributed by atoms with E-state index in [1.165, 1.54) is 16.9 Å². The van der Waals surface area contributed by atoms with Crippen LogP contribution in [0.3, 0.4) is 0 Å². The van der Waals surface area contributed by atoms with Crippen molar-refractivity contribution in [3.05, 3.63) is 70.4 Å². The zero-order chi connectivity index (χ0) is 16.2.